The molecule has 2 N–H and O–H groups in total. The summed E-state index contributed by atoms with van der Waals surface area (Å²) >= 11 is 0. The van der Waals surface area contributed by atoms with Gasteiger partial charge < -0.3 is 10.1 Å². The largest absolute Gasteiger partial charge is 0.496 e. The zero-order valence-corrected chi connectivity index (χ0v) is 19.5. The van der Waals surface area contributed by atoms with Gasteiger partial charge in [0.05, 0.1) is 12.0 Å². The Bertz CT molecular complexity index is 1190. The van der Waals surface area contributed by atoms with Crippen LogP contribution in [0.2, 0.25) is 0 Å². The SMILES string of the molecule is COc1ccc(S(=O)(=O)N[C@H](Cc2ccccc2)C(=O)Nc2cc(C)cc(C)c2)cc1C. The first-order valence-corrected chi connectivity index (χ1v) is 11.8. The zero-order valence-electron chi connectivity index (χ0n) is 18.7. The molecule has 6 nitrogen and oxygen atoms in total. The number of methoxy groups -OCH3 is 1. The van der Waals surface area contributed by atoms with Crippen LogP contribution in [-0.2, 0) is 21.2 Å². The first-order chi connectivity index (χ1) is 15.2. The number of hydrogen-bond acceptors (Lipinski definition) is 4. The van der Waals surface area contributed by atoms with E-state index in [0.29, 0.717) is 17.0 Å². The number of aryl methyl sites for hydroxylation is 3. The molecular weight excluding hydrogens is 424 g/mol. The summed E-state index contributed by atoms with van der Waals surface area (Å²) < 4.78 is 34.0. The van der Waals surface area contributed by atoms with Gasteiger partial charge in [0.2, 0.25) is 15.9 Å². The Balaban J connectivity index is 1.89. The van der Waals surface area contributed by atoms with Crippen LogP contribution < -0.4 is 14.8 Å². The molecule has 0 spiro atoms. The van der Waals surface area contributed by atoms with Crippen molar-refractivity contribution >= 4 is 21.6 Å². The molecule has 0 saturated carbocycles. The third kappa shape index (κ3) is 5.96. The van der Waals surface area contributed by atoms with E-state index in [1.54, 1.807) is 13.0 Å². The summed E-state index contributed by atoms with van der Waals surface area (Å²) in [5.41, 5.74) is 4.19. The third-order valence-electron chi connectivity index (χ3n) is 5.06. The molecular formula is C25H28N2O4S. The Hall–Kier alpha value is -3.16. The standard InChI is InChI=1S/C25H28N2O4S/c1-17-12-18(2)14-21(13-17)26-25(28)23(16-20-8-6-5-7-9-20)27-32(29,30)22-10-11-24(31-4)19(3)15-22/h5-15,23,27H,16H2,1-4H3,(H,26,28)/t23-/m1/s1. The molecule has 0 radical (unpaired) electrons. The van der Waals surface area contributed by atoms with E-state index >= 15 is 0 Å². The second-order valence-corrected chi connectivity index (χ2v) is 9.57. The van der Waals surface area contributed by atoms with Gasteiger partial charge in [0.1, 0.15) is 11.8 Å². The number of hydrogen-bond donors (Lipinski definition) is 2. The van der Waals surface area contributed by atoms with Crippen LogP contribution in [0.25, 0.3) is 0 Å². The van der Waals surface area contributed by atoms with Crippen molar-refractivity contribution in [1.29, 1.82) is 0 Å². The van der Waals surface area contributed by atoms with Gasteiger partial charge in [0.15, 0.2) is 0 Å². The molecule has 0 aliphatic rings. The van der Waals surface area contributed by atoms with Crippen LogP contribution in [0, 0.1) is 20.8 Å². The van der Waals surface area contributed by atoms with Gasteiger partial charge in [-0.1, -0.05) is 36.4 Å². The molecule has 0 saturated heterocycles. The van der Waals surface area contributed by atoms with Crippen molar-refractivity contribution in [2.75, 3.05) is 12.4 Å². The predicted molar refractivity (Wildman–Crippen MR) is 127 cm³/mol. The number of carbonyl (C=O) groups excluding carboxylic acids is 1. The van der Waals surface area contributed by atoms with E-state index < -0.39 is 22.0 Å². The van der Waals surface area contributed by atoms with Gasteiger partial charge in [-0.15, -0.1) is 0 Å². The lowest BCUT2D eigenvalue weighted by Gasteiger charge is -2.19. The fourth-order valence-electron chi connectivity index (χ4n) is 3.59. The minimum absolute atomic E-state index is 0.0769. The number of carbonyl (C=O) groups is 1. The van der Waals surface area contributed by atoms with E-state index in [1.807, 2.05) is 62.4 Å². The molecule has 0 fully saturated rings. The van der Waals surface area contributed by atoms with Gasteiger partial charge in [-0.05, 0) is 79.8 Å². The quantitative estimate of drug-likeness (QED) is 0.538. The second kappa shape index (κ2) is 9.97. The Labute approximate surface area is 189 Å². The lowest BCUT2D eigenvalue weighted by Crippen LogP contribution is -2.45. The normalized spacial score (nSPS) is 12.2. The molecule has 3 aromatic carbocycles. The van der Waals surface area contributed by atoms with E-state index in [9.17, 15) is 13.2 Å². The Kier molecular flexibility index (Phi) is 7.33. The minimum atomic E-state index is -3.95. The van der Waals surface area contributed by atoms with Crippen molar-refractivity contribution in [2.24, 2.45) is 0 Å². The maximum Gasteiger partial charge on any atom is 0.242 e. The molecule has 3 rings (SSSR count). The van der Waals surface area contributed by atoms with Crippen molar-refractivity contribution in [3.8, 4) is 5.75 Å². The Morgan fingerprint density at radius 2 is 1.59 bits per heavy atom. The molecule has 7 heteroatoms. The van der Waals surface area contributed by atoms with Crippen LogP contribution in [0.4, 0.5) is 5.69 Å². The lowest BCUT2D eigenvalue weighted by molar-refractivity contribution is -0.117. The van der Waals surface area contributed by atoms with Crippen molar-refractivity contribution in [2.45, 2.75) is 38.1 Å². The highest BCUT2D eigenvalue weighted by Crippen LogP contribution is 2.22. The van der Waals surface area contributed by atoms with E-state index in [1.165, 1.54) is 19.2 Å². The summed E-state index contributed by atoms with van der Waals surface area (Å²) in [5, 5.41) is 2.86. The number of anilines is 1. The van der Waals surface area contributed by atoms with Crippen molar-refractivity contribution in [3.63, 3.8) is 0 Å². The molecule has 0 bridgehead atoms. The fourth-order valence-corrected chi connectivity index (χ4v) is 4.87. The summed E-state index contributed by atoms with van der Waals surface area (Å²) in [6.45, 7) is 5.66. The van der Waals surface area contributed by atoms with Crippen LogP contribution >= 0.6 is 0 Å². The van der Waals surface area contributed by atoms with E-state index in [2.05, 4.69) is 10.0 Å². The van der Waals surface area contributed by atoms with Gasteiger partial charge in [0.25, 0.3) is 0 Å². The van der Waals surface area contributed by atoms with E-state index in [4.69, 9.17) is 4.74 Å². The van der Waals surface area contributed by atoms with E-state index in [-0.39, 0.29) is 11.3 Å². The molecule has 3 aromatic rings. The van der Waals surface area contributed by atoms with Crippen molar-refractivity contribution in [1.82, 2.24) is 4.72 Å². The average Bonchev–Trinajstić information content (AvgIpc) is 2.73. The summed E-state index contributed by atoms with van der Waals surface area (Å²) in [4.78, 5) is 13.2. The predicted octanol–water partition coefficient (Wildman–Crippen LogP) is 4.15. The van der Waals surface area contributed by atoms with Crippen LogP contribution in [0.5, 0.6) is 5.75 Å². The first kappa shape index (κ1) is 23.5. The highest BCUT2D eigenvalue weighted by Gasteiger charge is 2.27. The van der Waals surface area contributed by atoms with Gasteiger partial charge in [-0.25, -0.2) is 8.42 Å². The second-order valence-electron chi connectivity index (χ2n) is 7.86. The number of rotatable bonds is 8. The molecule has 0 aliphatic heterocycles. The third-order valence-corrected chi connectivity index (χ3v) is 6.53. The number of benzene rings is 3. The maximum atomic E-state index is 13.2. The number of amides is 1. The summed E-state index contributed by atoms with van der Waals surface area (Å²) in [6.07, 6.45) is 0.214. The van der Waals surface area contributed by atoms with E-state index in [0.717, 1.165) is 16.7 Å². The zero-order chi connectivity index (χ0) is 23.3. The van der Waals surface area contributed by atoms with Crippen LogP contribution in [0.15, 0.2) is 71.6 Å². The molecule has 1 atom stereocenters. The Morgan fingerprint density at radius 3 is 2.19 bits per heavy atom. The highest BCUT2D eigenvalue weighted by molar-refractivity contribution is 7.89. The smallest absolute Gasteiger partial charge is 0.242 e. The summed E-state index contributed by atoms with van der Waals surface area (Å²) in [5.74, 6) is 0.171. The summed E-state index contributed by atoms with van der Waals surface area (Å²) in [6, 6.07) is 18.6. The molecule has 168 valence electrons. The summed E-state index contributed by atoms with van der Waals surface area (Å²) in [7, 11) is -2.42. The van der Waals surface area contributed by atoms with Crippen molar-refractivity contribution in [3.05, 3.63) is 89.0 Å². The molecule has 0 unspecified atom stereocenters. The van der Waals surface area contributed by atoms with Crippen molar-refractivity contribution < 1.29 is 17.9 Å². The maximum absolute atomic E-state index is 13.2. The highest BCUT2D eigenvalue weighted by atomic mass is 32.2. The molecule has 1 amide bonds. The number of ether oxygens (including phenoxy) is 1. The minimum Gasteiger partial charge on any atom is -0.496 e. The molecule has 0 aromatic heterocycles. The topological polar surface area (TPSA) is 84.5 Å². The average molecular weight is 453 g/mol. The first-order valence-electron chi connectivity index (χ1n) is 10.3. The molecule has 32 heavy (non-hydrogen) atoms. The number of nitrogens with one attached hydrogen (secondary N) is 2. The fraction of sp³-hybridized carbons (Fsp3) is 0.240. The van der Waals surface area contributed by atoms with Crippen LogP contribution in [0.3, 0.4) is 0 Å². The van der Waals surface area contributed by atoms with Gasteiger partial charge >= 0.3 is 0 Å². The monoisotopic (exact) mass is 452 g/mol. The number of sulfonamides is 1. The molecule has 0 aliphatic carbocycles. The van der Waals surface area contributed by atoms with Crippen LogP contribution in [-0.4, -0.2) is 27.5 Å². The van der Waals surface area contributed by atoms with Gasteiger partial charge in [0, 0.05) is 5.69 Å². The van der Waals surface area contributed by atoms with Gasteiger partial charge in [-0.2, -0.15) is 4.72 Å². The van der Waals surface area contributed by atoms with Gasteiger partial charge in [-0.3, -0.25) is 4.79 Å². The lowest BCUT2D eigenvalue weighted by atomic mass is 10.1. The Morgan fingerprint density at radius 1 is 0.938 bits per heavy atom. The van der Waals surface area contributed by atoms with Crippen LogP contribution in [0.1, 0.15) is 22.3 Å². The molecule has 0 heterocycles.